The minimum Gasteiger partial charge on any atom is -0.494 e. The first kappa shape index (κ1) is 16.9. The van der Waals surface area contributed by atoms with Gasteiger partial charge in [-0.25, -0.2) is 8.78 Å². The second-order valence-corrected chi connectivity index (χ2v) is 5.28. The van der Waals surface area contributed by atoms with Gasteiger partial charge in [0.1, 0.15) is 5.82 Å². The lowest BCUT2D eigenvalue weighted by molar-refractivity contribution is -0.121. The van der Waals surface area contributed by atoms with Gasteiger partial charge in [-0.15, -0.1) is 0 Å². The van der Waals surface area contributed by atoms with Crippen molar-refractivity contribution in [2.24, 2.45) is 0 Å². The standard InChI is InChI=1S/C18H19F2NO2/c1-12(14-5-3-4-6-15(14)19)21-18(22)10-8-13-7-9-17(23-2)16(20)11-13/h3-7,9,11-12H,8,10H2,1-2H3,(H,21,22). The molecule has 2 aromatic rings. The van der Waals surface area contributed by atoms with Crippen molar-refractivity contribution in [3.63, 3.8) is 0 Å². The summed E-state index contributed by atoms with van der Waals surface area (Å²) in [5, 5.41) is 2.75. The van der Waals surface area contributed by atoms with Gasteiger partial charge in [0.25, 0.3) is 0 Å². The molecule has 0 fully saturated rings. The summed E-state index contributed by atoms with van der Waals surface area (Å²) in [6.45, 7) is 1.73. The summed E-state index contributed by atoms with van der Waals surface area (Å²) >= 11 is 0. The molecule has 0 heterocycles. The molecule has 1 amide bonds. The fraction of sp³-hybridized carbons (Fsp3) is 0.278. The minimum absolute atomic E-state index is 0.173. The van der Waals surface area contributed by atoms with Gasteiger partial charge in [0.05, 0.1) is 13.2 Å². The van der Waals surface area contributed by atoms with Crippen molar-refractivity contribution in [2.45, 2.75) is 25.8 Å². The minimum atomic E-state index is -0.454. The predicted molar refractivity (Wildman–Crippen MR) is 84.2 cm³/mol. The molecule has 23 heavy (non-hydrogen) atoms. The molecule has 1 N–H and O–H groups in total. The third-order valence-electron chi connectivity index (χ3n) is 3.61. The number of ether oxygens (including phenoxy) is 1. The van der Waals surface area contributed by atoms with E-state index in [0.717, 1.165) is 0 Å². The molecule has 0 bridgehead atoms. The number of hydrogen-bond acceptors (Lipinski definition) is 2. The molecular weight excluding hydrogens is 300 g/mol. The van der Waals surface area contributed by atoms with Crippen molar-refractivity contribution in [3.8, 4) is 5.75 Å². The number of halogens is 2. The first-order valence-electron chi connectivity index (χ1n) is 7.37. The number of amides is 1. The van der Waals surface area contributed by atoms with Crippen LogP contribution in [0.3, 0.4) is 0 Å². The van der Waals surface area contributed by atoms with E-state index in [1.54, 1.807) is 31.2 Å². The second-order valence-electron chi connectivity index (χ2n) is 5.28. The lowest BCUT2D eigenvalue weighted by Gasteiger charge is -2.15. The molecule has 0 aliphatic heterocycles. The Morgan fingerprint density at radius 1 is 1.17 bits per heavy atom. The Labute approximate surface area is 134 Å². The number of hydrogen-bond donors (Lipinski definition) is 1. The van der Waals surface area contributed by atoms with Gasteiger partial charge in [-0.3, -0.25) is 4.79 Å². The molecule has 0 radical (unpaired) electrons. The van der Waals surface area contributed by atoms with Crippen LogP contribution in [-0.4, -0.2) is 13.0 Å². The smallest absolute Gasteiger partial charge is 0.220 e. The first-order valence-corrected chi connectivity index (χ1v) is 7.37. The fourth-order valence-corrected chi connectivity index (χ4v) is 2.34. The molecule has 1 unspecified atom stereocenters. The van der Waals surface area contributed by atoms with Gasteiger partial charge in [0.2, 0.25) is 5.91 Å². The second kappa shape index (κ2) is 7.72. The van der Waals surface area contributed by atoms with Crippen LogP contribution in [0.1, 0.15) is 30.5 Å². The average molecular weight is 319 g/mol. The topological polar surface area (TPSA) is 38.3 Å². The van der Waals surface area contributed by atoms with Crippen molar-refractivity contribution >= 4 is 5.91 Å². The molecule has 1 atom stereocenters. The van der Waals surface area contributed by atoms with Gasteiger partial charge in [-0.2, -0.15) is 0 Å². The maximum atomic E-state index is 13.7. The lowest BCUT2D eigenvalue weighted by Crippen LogP contribution is -2.27. The van der Waals surface area contributed by atoms with Crippen LogP contribution < -0.4 is 10.1 Å². The quantitative estimate of drug-likeness (QED) is 0.880. The molecule has 2 aromatic carbocycles. The van der Waals surface area contributed by atoms with Crippen LogP contribution in [0.25, 0.3) is 0 Å². The van der Waals surface area contributed by atoms with Gasteiger partial charge in [-0.1, -0.05) is 24.3 Å². The molecule has 0 saturated carbocycles. The molecule has 0 aliphatic carbocycles. The molecular formula is C18H19F2NO2. The number of benzene rings is 2. The van der Waals surface area contributed by atoms with Crippen LogP contribution >= 0.6 is 0 Å². The third kappa shape index (κ3) is 4.52. The zero-order valence-corrected chi connectivity index (χ0v) is 13.1. The highest BCUT2D eigenvalue weighted by atomic mass is 19.1. The highest BCUT2D eigenvalue weighted by Gasteiger charge is 2.13. The molecule has 122 valence electrons. The largest absolute Gasteiger partial charge is 0.494 e. The van der Waals surface area contributed by atoms with E-state index in [0.29, 0.717) is 17.5 Å². The highest BCUT2D eigenvalue weighted by Crippen LogP contribution is 2.19. The number of nitrogens with one attached hydrogen (secondary N) is 1. The Bertz CT molecular complexity index is 688. The number of methoxy groups -OCH3 is 1. The molecule has 0 aromatic heterocycles. The summed E-state index contributed by atoms with van der Waals surface area (Å²) in [5.74, 6) is -0.842. The van der Waals surface area contributed by atoms with Crippen LogP contribution in [-0.2, 0) is 11.2 Å². The van der Waals surface area contributed by atoms with Crippen molar-refractivity contribution in [1.29, 1.82) is 0 Å². The van der Waals surface area contributed by atoms with Crippen LogP contribution in [0.4, 0.5) is 8.78 Å². The van der Waals surface area contributed by atoms with E-state index >= 15 is 0 Å². The van der Waals surface area contributed by atoms with E-state index in [9.17, 15) is 13.6 Å². The molecule has 3 nitrogen and oxygen atoms in total. The van der Waals surface area contributed by atoms with Gasteiger partial charge in [0.15, 0.2) is 11.6 Å². The maximum Gasteiger partial charge on any atom is 0.220 e. The molecule has 0 aliphatic rings. The summed E-state index contributed by atoms with van der Waals surface area (Å²) in [6.07, 6.45) is 0.599. The molecule has 2 rings (SSSR count). The Balaban J connectivity index is 1.90. The third-order valence-corrected chi connectivity index (χ3v) is 3.61. The fourth-order valence-electron chi connectivity index (χ4n) is 2.34. The Morgan fingerprint density at radius 2 is 1.91 bits per heavy atom. The average Bonchev–Trinajstić information content (AvgIpc) is 2.53. The Kier molecular flexibility index (Phi) is 5.68. The van der Waals surface area contributed by atoms with E-state index < -0.39 is 11.9 Å². The van der Waals surface area contributed by atoms with E-state index in [1.165, 1.54) is 25.3 Å². The maximum absolute atomic E-state index is 13.7. The Hall–Kier alpha value is -2.43. The lowest BCUT2D eigenvalue weighted by atomic mass is 10.1. The summed E-state index contributed by atoms with van der Waals surface area (Å²) in [7, 11) is 1.40. The summed E-state index contributed by atoms with van der Waals surface area (Å²) in [6, 6.07) is 10.5. The van der Waals surface area contributed by atoms with Crippen LogP contribution in [0, 0.1) is 11.6 Å². The predicted octanol–water partition coefficient (Wildman–Crippen LogP) is 3.78. The molecule has 0 saturated heterocycles. The zero-order chi connectivity index (χ0) is 16.8. The summed E-state index contributed by atoms with van der Waals surface area (Å²) in [4.78, 5) is 12.0. The van der Waals surface area contributed by atoms with Crippen LogP contribution in [0.5, 0.6) is 5.75 Å². The van der Waals surface area contributed by atoms with Crippen molar-refractivity contribution in [1.82, 2.24) is 5.32 Å². The van der Waals surface area contributed by atoms with Crippen molar-refractivity contribution < 1.29 is 18.3 Å². The first-order chi connectivity index (χ1) is 11.0. The van der Waals surface area contributed by atoms with Gasteiger partial charge < -0.3 is 10.1 Å². The number of carbonyl (C=O) groups excluding carboxylic acids is 1. The normalized spacial score (nSPS) is 11.8. The van der Waals surface area contributed by atoms with E-state index in [-0.39, 0.29) is 23.9 Å². The number of rotatable bonds is 6. The van der Waals surface area contributed by atoms with Gasteiger partial charge in [-0.05, 0) is 37.1 Å². The zero-order valence-electron chi connectivity index (χ0n) is 13.1. The highest BCUT2D eigenvalue weighted by molar-refractivity contribution is 5.76. The van der Waals surface area contributed by atoms with Crippen molar-refractivity contribution in [2.75, 3.05) is 7.11 Å². The Morgan fingerprint density at radius 3 is 2.57 bits per heavy atom. The summed E-state index contributed by atoms with van der Waals surface area (Å²) < 4.78 is 32.1. The van der Waals surface area contributed by atoms with Crippen LogP contribution in [0.2, 0.25) is 0 Å². The van der Waals surface area contributed by atoms with Crippen molar-refractivity contribution in [3.05, 3.63) is 65.2 Å². The van der Waals surface area contributed by atoms with Gasteiger partial charge in [0, 0.05) is 12.0 Å². The van der Waals surface area contributed by atoms with Gasteiger partial charge >= 0.3 is 0 Å². The van der Waals surface area contributed by atoms with E-state index in [2.05, 4.69) is 5.32 Å². The molecule has 0 spiro atoms. The number of aryl methyl sites for hydroxylation is 1. The monoisotopic (exact) mass is 319 g/mol. The van der Waals surface area contributed by atoms with Crippen LogP contribution in [0.15, 0.2) is 42.5 Å². The summed E-state index contributed by atoms with van der Waals surface area (Å²) in [5.41, 5.74) is 1.15. The van der Waals surface area contributed by atoms with E-state index in [1.807, 2.05) is 0 Å². The SMILES string of the molecule is COc1ccc(CCC(=O)NC(C)c2ccccc2F)cc1F. The van der Waals surface area contributed by atoms with E-state index in [4.69, 9.17) is 4.74 Å². The molecule has 5 heteroatoms. The number of carbonyl (C=O) groups is 1.